The molecule has 0 aliphatic carbocycles. The Balaban J connectivity index is 2.57. The lowest BCUT2D eigenvalue weighted by molar-refractivity contribution is -0.147. The number of carbonyl (C=O) groups is 1. The Kier molecular flexibility index (Phi) is 4.54. The van der Waals surface area contributed by atoms with Gasteiger partial charge in [0.25, 0.3) is 0 Å². The Morgan fingerprint density at radius 2 is 2.20 bits per heavy atom. The number of hydrogen-bond donors (Lipinski definition) is 1. The molecule has 4 nitrogen and oxygen atoms in total. The van der Waals surface area contributed by atoms with Crippen LogP contribution in [0.15, 0.2) is 0 Å². The third kappa shape index (κ3) is 2.92. The van der Waals surface area contributed by atoms with E-state index < -0.39 is 0 Å². The summed E-state index contributed by atoms with van der Waals surface area (Å²) in [6, 6.07) is 0.732. The summed E-state index contributed by atoms with van der Waals surface area (Å²) in [5.41, 5.74) is 0. The molecule has 88 valence electrons. The van der Waals surface area contributed by atoms with Crippen LogP contribution in [0, 0.1) is 5.92 Å². The first-order chi connectivity index (χ1) is 7.07. The summed E-state index contributed by atoms with van der Waals surface area (Å²) in [6.45, 7) is 9.23. The maximum Gasteiger partial charge on any atom is 0.309 e. The third-order valence-corrected chi connectivity index (χ3v) is 3.37. The number of nitrogens with zero attached hydrogens (tertiary/aromatic N) is 1. The van der Waals surface area contributed by atoms with Crippen LogP contribution >= 0.6 is 0 Å². The minimum atomic E-state index is -0.117. The number of rotatable bonds is 3. The number of hydrogen-bond acceptors (Lipinski definition) is 4. The first-order valence-corrected chi connectivity index (χ1v) is 5.62. The Labute approximate surface area is 92.0 Å². The van der Waals surface area contributed by atoms with E-state index in [2.05, 4.69) is 24.1 Å². The highest BCUT2D eigenvalue weighted by atomic mass is 16.5. The second kappa shape index (κ2) is 5.47. The van der Waals surface area contributed by atoms with Crippen LogP contribution in [0.1, 0.15) is 20.8 Å². The highest BCUT2D eigenvalue weighted by Crippen LogP contribution is 2.16. The molecule has 1 heterocycles. The van der Waals surface area contributed by atoms with Crippen molar-refractivity contribution >= 4 is 5.97 Å². The van der Waals surface area contributed by atoms with Gasteiger partial charge in [-0.2, -0.15) is 0 Å². The Hall–Kier alpha value is -0.610. The zero-order valence-corrected chi connectivity index (χ0v) is 10.1. The van der Waals surface area contributed by atoms with Gasteiger partial charge in [0.2, 0.25) is 0 Å². The number of methoxy groups -OCH3 is 1. The largest absolute Gasteiger partial charge is 0.469 e. The molecule has 0 saturated carbocycles. The fraction of sp³-hybridized carbons (Fsp3) is 0.909. The summed E-state index contributed by atoms with van der Waals surface area (Å²) in [7, 11) is 1.45. The van der Waals surface area contributed by atoms with Gasteiger partial charge < -0.3 is 10.1 Å². The molecule has 0 spiro atoms. The molecule has 0 aromatic carbocycles. The molecule has 0 bridgehead atoms. The molecule has 1 N–H and O–H groups in total. The van der Waals surface area contributed by atoms with Crippen molar-refractivity contribution in [3.05, 3.63) is 0 Å². The first-order valence-electron chi connectivity index (χ1n) is 5.62. The molecule has 1 fully saturated rings. The Bertz CT molecular complexity index is 221. The summed E-state index contributed by atoms with van der Waals surface area (Å²) >= 11 is 0. The van der Waals surface area contributed by atoms with Gasteiger partial charge in [0, 0.05) is 31.7 Å². The van der Waals surface area contributed by atoms with Crippen molar-refractivity contribution in [3.63, 3.8) is 0 Å². The van der Waals surface area contributed by atoms with Crippen molar-refractivity contribution < 1.29 is 9.53 Å². The lowest BCUT2D eigenvalue weighted by atomic mass is 10.00. The summed E-state index contributed by atoms with van der Waals surface area (Å²) in [5.74, 6) is -0.177. The van der Waals surface area contributed by atoms with Crippen LogP contribution in [0.4, 0.5) is 0 Å². The normalized spacial score (nSPS) is 27.1. The monoisotopic (exact) mass is 214 g/mol. The van der Waals surface area contributed by atoms with Gasteiger partial charge in [0.05, 0.1) is 13.0 Å². The molecule has 3 atom stereocenters. The summed E-state index contributed by atoms with van der Waals surface area (Å²) in [5, 5.41) is 3.34. The minimum Gasteiger partial charge on any atom is -0.469 e. The van der Waals surface area contributed by atoms with E-state index in [0.29, 0.717) is 6.04 Å². The van der Waals surface area contributed by atoms with E-state index in [-0.39, 0.29) is 17.9 Å². The molecular weight excluding hydrogens is 192 g/mol. The van der Waals surface area contributed by atoms with Crippen molar-refractivity contribution in [3.8, 4) is 0 Å². The van der Waals surface area contributed by atoms with Crippen LogP contribution in [0.25, 0.3) is 0 Å². The van der Waals surface area contributed by atoms with Gasteiger partial charge in [-0.1, -0.05) is 6.92 Å². The second-order valence-electron chi connectivity index (χ2n) is 4.34. The average Bonchev–Trinajstić information content (AvgIpc) is 2.26. The van der Waals surface area contributed by atoms with E-state index in [1.54, 1.807) is 0 Å². The van der Waals surface area contributed by atoms with Gasteiger partial charge in [-0.05, 0) is 13.8 Å². The molecule has 1 aliphatic heterocycles. The quantitative estimate of drug-likeness (QED) is 0.694. The molecule has 4 heteroatoms. The van der Waals surface area contributed by atoms with Crippen LogP contribution in [0.2, 0.25) is 0 Å². The molecule has 1 rings (SSSR count). The van der Waals surface area contributed by atoms with E-state index in [1.165, 1.54) is 7.11 Å². The van der Waals surface area contributed by atoms with Gasteiger partial charge in [-0.15, -0.1) is 0 Å². The zero-order valence-electron chi connectivity index (χ0n) is 10.1. The molecule has 0 aromatic heterocycles. The van der Waals surface area contributed by atoms with E-state index in [4.69, 9.17) is 4.74 Å². The number of carbonyl (C=O) groups excluding carboxylic acids is 1. The fourth-order valence-corrected chi connectivity index (χ4v) is 2.13. The van der Waals surface area contributed by atoms with Gasteiger partial charge in [-0.25, -0.2) is 0 Å². The maximum absolute atomic E-state index is 11.4. The minimum absolute atomic E-state index is 0.0597. The number of nitrogens with one attached hydrogen (secondary N) is 1. The highest BCUT2D eigenvalue weighted by molar-refractivity contribution is 5.72. The van der Waals surface area contributed by atoms with Crippen LogP contribution in [0.5, 0.6) is 0 Å². The molecule has 15 heavy (non-hydrogen) atoms. The molecule has 3 unspecified atom stereocenters. The standard InChI is InChI=1S/C11H22N2O2/c1-8-7-12-5-6-13(8)10(3)9(2)11(14)15-4/h8-10,12H,5-7H2,1-4H3. The third-order valence-electron chi connectivity index (χ3n) is 3.37. The molecule has 1 saturated heterocycles. The van der Waals surface area contributed by atoms with Gasteiger partial charge >= 0.3 is 5.97 Å². The van der Waals surface area contributed by atoms with Crippen LogP contribution in [-0.4, -0.2) is 49.7 Å². The van der Waals surface area contributed by atoms with Gasteiger partial charge in [0.15, 0.2) is 0 Å². The number of ether oxygens (including phenoxy) is 1. The van der Waals surface area contributed by atoms with Crippen molar-refractivity contribution in [2.75, 3.05) is 26.7 Å². The van der Waals surface area contributed by atoms with Crippen molar-refractivity contribution in [2.45, 2.75) is 32.9 Å². The lowest BCUT2D eigenvalue weighted by Crippen LogP contribution is -2.55. The fourth-order valence-electron chi connectivity index (χ4n) is 2.13. The van der Waals surface area contributed by atoms with Crippen LogP contribution in [0.3, 0.4) is 0 Å². The van der Waals surface area contributed by atoms with E-state index in [1.807, 2.05) is 6.92 Å². The van der Waals surface area contributed by atoms with E-state index >= 15 is 0 Å². The first kappa shape index (κ1) is 12.5. The van der Waals surface area contributed by atoms with Crippen molar-refractivity contribution in [1.82, 2.24) is 10.2 Å². The summed E-state index contributed by atoms with van der Waals surface area (Å²) in [6.07, 6.45) is 0. The maximum atomic E-state index is 11.4. The summed E-state index contributed by atoms with van der Waals surface area (Å²) in [4.78, 5) is 13.8. The Morgan fingerprint density at radius 1 is 1.53 bits per heavy atom. The Morgan fingerprint density at radius 3 is 2.73 bits per heavy atom. The summed E-state index contributed by atoms with van der Waals surface area (Å²) < 4.78 is 4.78. The predicted molar refractivity (Wildman–Crippen MR) is 59.7 cm³/mol. The second-order valence-corrected chi connectivity index (χ2v) is 4.34. The SMILES string of the molecule is COC(=O)C(C)C(C)N1CCNCC1C. The smallest absolute Gasteiger partial charge is 0.309 e. The molecule has 0 aromatic rings. The molecule has 0 amide bonds. The van der Waals surface area contributed by atoms with E-state index in [0.717, 1.165) is 19.6 Å². The van der Waals surface area contributed by atoms with Crippen molar-refractivity contribution in [1.29, 1.82) is 0 Å². The molecule has 0 radical (unpaired) electrons. The topological polar surface area (TPSA) is 41.6 Å². The highest BCUT2D eigenvalue weighted by Gasteiger charge is 2.30. The zero-order chi connectivity index (χ0) is 11.4. The average molecular weight is 214 g/mol. The molecule has 1 aliphatic rings. The number of esters is 1. The lowest BCUT2D eigenvalue weighted by Gasteiger charge is -2.40. The number of piperazine rings is 1. The van der Waals surface area contributed by atoms with Gasteiger partial charge in [0.1, 0.15) is 0 Å². The van der Waals surface area contributed by atoms with Crippen molar-refractivity contribution in [2.24, 2.45) is 5.92 Å². The van der Waals surface area contributed by atoms with E-state index in [9.17, 15) is 4.79 Å². The predicted octanol–water partition coefficient (Wildman–Crippen LogP) is 0.478. The van der Waals surface area contributed by atoms with Crippen LogP contribution < -0.4 is 5.32 Å². The van der Waals surface area contributed by atoms with Crippen LogP contribution in [-0.2, 0) is 9.53 Å². The molecular formula is C11H22N2O2. The van der Waals surface area contributed by atoms with Gasteiger partial charge in [-0.3, -0.25) is 9.69 Å².